The van der Waals surface area contributed by atoms with Gasteiger partial charge in [-0.05, 0) is 47.5 Å². The minimum Gasteiger partial charge on any atom is -0.490 e. The summed E-state index contributed by atoms with van der Waals surface area (Å²) in [6, 6.07) is 15.0. The molecule has 0 radical (unpaired) electrons. The van der Waals surface area contributed by atoms with E-state index in [1.165, 1.54) is 30.2 Å². The highest BCUT2D eigenvalue weighted by Crippen LogP contribution is 2.38. The minimum absolute atomic E-state index is 0. The van der Waals surface area contributed by atoms with Crippen LogP contribution in [0.2, 0.25) is 0 Å². The summed E-state index contributed by atoms with van der Waals surface area (Å²) in [4.78, 5) is 54.8. The van der Waals surface area contributed by atoms with E-state index in [0.717, 1.165) is 6.54 Å². The van der Waals surface area contributed by atoms with Crippen LogP contribution in [0.25, 0.3) is 0 Å². The number of guanidine groups is 1. The van der Waals surface area contributed by atoms with Crippen molar-refractivity contribution in [1.82, 2.24) is 10.2 Å². The molecule has 2 aliphatic rings. The van der Waals surface area contributed by atoms with Crippen molar-refractivity contribution >= 4 is 53.2 Å². The van der Waals surface area contributed by atoms with Gasteiger partial charge in [0.25, 0.3) is 11.8 Å². The first-order valence-corrected chi connectivity index (χ1v) is 12.7. The number of benzene rings is 3. The van der Waals surface area contributed by atoms with Crippen LogP contribution in [0.1, 0.15) is 44.3 Å². The molecule has 1 atom stereocenters. The van der Waals surface area contributed by atoms with E-state index in [9.17, 15) is 29.6 Å². The number of aliphatic carboxylic acids is 1. The van der Waals surface area contributed by atoms with E-state index in [1.54, 1.807) is 36.4 Å². The number of halogens is 1. The second-order valence-corrected chi connectivity index (χ2v) is 9.42. The highest BCUT2D eigenvalue weighted by Gasteiger charge is 2.36. The fourth-order valence-corrected chi connectivity index (χ4v) is 4.84. The molecule has 4 N–H and O–H groups in total. The van der Waals surface area contributed by atoms with E-state index in [2.05, 4.69) is 20.9 Å². The smallest absolute Gasteiger partial charge is 0.311 e. The topological polar surface area (TPSA) is 176 Å². The number of nitro benzene ring substituents is 1. The van der Waals surface area contributed by atoms with Crippen LogP contribution in [-0.2, 0) is 11.3 Å². The fraction of sp³-hybridized carbons (Fsp3) is 0.214. The van der Waals surface area contributed by atoms with Crippen LogP contribution in [0.3, 0.4) is 0 Å². The lowest BCUT2D eigenvalue weighted by Crippen LogP contribution is -2.31. The van der Waals surface area contributed by atoms with E-state index in [-0.39, 0.29) is 36.3 Å². The number of carbonyl (C=O) groups is 3. The van der Waals surface area contributed by atoms with E-state index in [4.69, 9.17) is 4.74 Å². The van der Waals surface area contributed by atoms with Crippen molar-refractivity contribution in [3.05, 3.63) is 93.0 Å². The van der Waals surface area contributed by atoms with Crippen molar-refractivity contribution in [3.63, 3.8) is 0 Å². The zero-order valence-electron chi connectivity index (χ0n) is 22.3. The predicted octanol–water partition coefficient (Wildman–Crippen LogP) is 3.82. The summed E-state index contributed by atoms with van der Waals surface area (Å²) < 4.78 is 5.05. The molecule has 14 heteroatoms. The van der Waals surface area contributed by atoms with Gasteiger partial charge in [0.15, 0.2) is 11.7 Å². The number of carboxylic acids is 1. The Balaban J connectivity index is 0.00000405. The first-order chi connectivity index (χ1) is 19.7. The predicted molar refractivity (Wildman–Crippen MR) is 157 cm³/mol. The number of hydrogen-bond donors (Lipinski definition) is 4. The number of fused-ring (bicyclic) bond motifs is 1. The van der Waals surface area contributed by atoms with Crippen molar-refractivity contribution in [2.75, 3.05) is 30.8 Å². The van der Waals surface area contributed by atoms with Gasteiger partial charge in [-0.25, -0.2) is 0 Å². The molecule has 3 aromatic carbocycles. The molecular formula is C28H27ClN6O7. The molecule has 5 rings (SSSR count). The van der Waals surface area contributed by atoms with Gasteiger partial charge in [0, 0.05) is 41.7 Å². The molecule has 0 saturated carbocycles. The maximum Gasteiger partial charge on any atom is 0.311 e. The third kappa shape index (κ3) is 6.25. The number of methoxy groups -OCH3 is 1. The maximum atomic E-state index is 13.5. The summed E-state index contributed by atoms with van der Waals surface area (Å²) in [5, 5.41) is 30.2. The number of nitrogens with one attached hydrogen (secondary N) is 3. The monoisotopic (exact) mass is 594 g/mol. The van der Waals surface area contributed by atoms with Gasteiger partial charge in [0.1, 0.15) is 0 Å². The van der Waals surface area contributed by atoms with Crippen LogP contribution in [0, 0.1) is 10.1 Å². The number of aliphatic imine (C=N–C) groups is 1. The van der Waals surface area contributed by atoms with Gasteiger partial charge in [-0.3, -0.25) is 29.5 Å². The molecule has 0 aromatic heterocycles. The standard InChI is InChI=1S/C28H26N6O7.ClH/c1-41-24-8-6-16(12-23(24)34(39)40)22(14-25(35)36)33-15-18-5-7-20(13-21(18)27(33)38)31-26(37)17-3-2-4-19(11-17)32-28-29-9-10-30-28;/h2-8,11-13,22H,9-10,14-15H2,1H3,(H,31,37)(H,35,36)(H2,29,30,32);1H. The summed E-state index contributed by atoms with van der Waals surface area (Å²) in [5.74, 6) is -1.34. The number of carboxylic acid groups (broad SMARTS) is 1. The van der Waals surface area contributed by atoms with Crippen LogP contribution < -0.4 is 20.7 Å². The average Bonchev–Trinajstić information content (AvgIpc) is 3.59. The van der Waals surface area contributed by atoms with Gasteiger partial charge in [-0.15, -0.1) is 12.4 Å². The summed E-state index contributed by atoms with van der Waals surface area (Å²) in [6.07, 6.45) is -0.459. The zero-order valence-corrected chi connectivity index (χ0v) is 23.1. The van der Waals surface area contributed by atoms with Crippen LogP contribution in [0.5, 0.6) is 5.75 Å². The van der Waals surface area contributed by atoms with E-state index < -0.39 is 29.3 Å². The number of ether oxygens (including phenoxy) is 1. The Morgan fingerprint density at radius 3 is 2.67 bits per heavy atom. The zero-order chi connectivity index (χ0) is 29.1. The lowest BCUT2D eigenvalue weighted by Gasteiger charge is -2.27. The molecule has 42 heavy (non-hydrogen) atoms. The molecule has 2 heterocycles. The third-order valence-electron chi connectivity index (χ3n) is 6.79. The second kappa shape index (κ2) is 12.6. The summed E-state index contributed by atoms with van der Waals surface area (Å²) in [5.41, 5.74) is 2.38. The number of rotatable bonds is 9. The van der Waals surface area contributed by atoms with E-state index in [1.807, 2.05) is 6.07 Å². The first kappa shape index (κ1) is 29.8. The summed E-state index contributed by atoms with van der Waals surface area (Å²) >= 11 is 0. The lowest BCUT2D eigenvalue weighted by atomic mass is 10.0. The Morgan fingerprint density at radius 1 is 1.17 bits per heavy atom. The molecular weight excluding hydrogens is 568 g/mol. The van der Waals surface area contributed by atoms with Crippen molar-refractivity contribution < 1.29 is 29.2 Å². The summed E-state index contributed by atoms with van der Waals surface area (Å²) in [7, 11) is 1.30. The number of carbonyl (C=O) groups excluding carboxylic acids is 2. The van der Waals surface area contributed by atoms with Gasteiger partial charge >= 0.3 is 11.7 Å². The van der Waals surface area contributed by atoms with E-state index >= 15 is 0 Å². The maximum absolute atomic E-state index is 13.5. The highest BCUT2D eigenvalue weighted by atomic mass is 35.5. The Labute approximate surface area is 246 Å². The highest BCUT2D eigenvalue weighted by molar-refractivity contribution is 6.07. The van der Waals surface area contributed by atoms with Gasteiger partial charge in [-0.2, -0.15) is 0 Å². The fourth-order valence-electron chi connectivity index (χ4n) is 4.84. The molecule has 0 saturated heterocycles. The van der Waals surface area contributed by atoms with Gasteiger partial charge in [-0.1, -0.05) is 18.2 Å². The third-order valence-corrected chi connectivity index (χ3v) is 6.79. The number of amides is 2. The minimum atomic E-state index is -1.17. The number of anilines is 2. The Hall–Kier alpha value is -5.17. The van der Waals surface area contributed by atoms with Crippen molar-refractivity contribution in [2.45, 2.75) is 19.0 Å². The van der Waals surface area contributed by atoms with Crippen LogP contribution in [0.4, 0.5) is 17.1 Å². The van der Waals surface area contributed by atoms with Crippen molar-refractivity contribution in [2.24, 2.45) is 4.99 Å². The Bertz CT molecular complexity index is 1590. The van der Waals surface area contributed by atoms with Gasteiger partial charge < -0.3 is 30.7 Å². The van der Waals surface area contributed by atoms with Crippen LogP contribution >= 0.6 is 12.4 Å². The average molecular weight is 595 g/mol. The number of nitrogens with zero attached hydrogens (tertiary/aromatic N) is 3. The molecule has 0 spiro atoms. The Morgan fingerprint density at radius 2 is 1.98 bits per heavy atom. The second-order valence-electron chi connectivity index (χ2n) is 9.42. The molecule has 0 fully saturated rings. The lowest BCUT2D eigenvalue weighted by molar-refractivity contribution is -0.385. The number of hydrogen-bond acceptors (Lipinski definition) is 9. The normalized spacial score (nSPS) is 14.2. The molecule has 13 nitrogen and oxygen atoms in total. The largest absolute Gasteiger partial charge is 0.490 e. The molecule has 0 aliphatic carbocycles. The molecule has 2 aliphatic heterocycles. The van der Waals surface area contributed by atoms with Gasteiger partial charge in [0.2, 0.25) is 0 Å². The van der Waals surface area contributed by atoms with Crippen LogP contribution in [0.15, 0.2) is 65.7 Å². The Kier molecular flexibility index (Phi) is 8.91. The summed E-state index contributed by atoms with van der Waals surface area (Å²) in [6.45, 7) is 1.52. The molecule has 3 aromatic rings. The van der Waals surface area contributed by atoms with Crippen LogP contribution in [-0.4, -0.2) is 58.9 Å². The SMILES string of the molecule is COc1ccc(C(CC(=O)O)N2Cc3ccc(NC(=O)c4cccc(NC5=NCCN5)c4)cc3C2=O)cc1[N+](=O)[O-].Cl. The molecule has 2 amide bonds. The molecule has 0 bridgehead atoms. The van der Waals surface area contributed by atoms with E-state index in [0.29, 0.717) is 46.1 Å². The molecule has 1 unspecified atom stereocenters. The van der Waals surface area contributed by atoms with Gasteiger partial charge in [0.05, 0.1) is 31.0 Å². The number of nitro groups is 1. The van der Waals surface area contributed by atoms with Crippen molar-refractivity contribution in [1.29, 1.82) is 0 Å². The first-order valence-electron chi connectivity index (χ1n) is 12.7. The quantitative estimate of drug-likeness (QED) is 0.212. The van der Waals surface area contributed by atoms with Crippen molar-refractivity contribution in [3.8, 4) is 5.75 Å². The molecule has 218 valence electrons.